The first-order valence-electron chi connectivity index (χ1n) is 4.91. The predicted molar refractivity (Wildman–Crippen MR) is 60.3 cm³/mol. The van der Waals surface area contributed by atoms with Crippen LogP contribution in [0.2, 0.25) is 0 Å². The molecule has 1 aromatic carbocycles. The molecule has 16 heavy (non-hydrogen) atoms. The fourth-order valence-corrected chi connectivity index (χ4v) is 1.37. The third-order valence-corrected chi connectivity index (χ3v) is 2.13. The lowest BCUT2D eigenvalue weighted by molar-refractivity contribution is -0.132. The summed E-state index contributed by atoms with van der Waals surface area (Å²) >= 11 is 0. The van der Waals surface area contributed by atoms with E-state index in [1.54, 1.807) is 18.2 Å². The quantitative estimate of drug-likeness (QED) is 0.577. The maximum absolute atomic E-state index is 11.0. The van der Waals surface area contributed by atoms with Crippen molar-refractivity contribution in [1.82, 2.24) is 0 Å². The number of nitrogens with two attached hydrogens (primary N) is 2. The SMILES string of the molecule is COc1cccc([C@H](N)CN)c1OC(C)=O. The number of carbonyl (C=O) groups excluding carboxylic acids is 1. The summed E-state index contributed by atoms with van der Waals surface area (Å²) in [4.78, 5) is 11.0. The molecular formula is C11H16N2O3. The Hall–Kier alpha value is -1.59. The molecule has 0 aromatic heterocycles. The zero-order chi connectivity index (χ0) is 12.1. The van der Waals surface area contributed by atoms with Crippen molar-refractivity contribution in [2.45, 2.75) is 13.0 Å². The molecule has 0 fully saturated rings. The molecule has 0 heterocycles. The van der Waals surface area contributed by atoms with E-state index < -0.39 is 5.97 Å². The molecular weight excluding hydrogens is 208 g/mol. The first kappa shape index (κ1) is 12.5. The smallest absolute Gasteiger partial charge is 0.308 e. The van der Waals surface area contributed by atoms with Crippen LogP contribution in [0.4, 0.5) is 0 Å². The van der Waals surface area contributed by atoms with Gasteiger partial charge in [-0.15, -0.1) is 0 Å². The molecule has 0 saturated heterocycles. The lowest BCUT2D eigenvalue weighted by Crippen LogP contribution is -2.22. The Morgan fingerprint density at radius 1 is 1.50 bits per heavy atom. The van der Waals surface area contributed by atoms with Crippen molar-refractivity contribution < 1.29 is 14.3 Å². The molecule has 1 aromatic rings. The second-order valence-corrected chi connectivity index (χ2v) is 3.31. The van der Waals surface area contributed by atoms with Crippen molar-refractivity contribution in [3.63, 3.8) is 0 Å². The zero-order valence-corrected chi connectivity index (χ0v) is 9.40. The third kappa shape index (κ3) is 2.71. The highest BCUT2D eigenvalue weighted by atomic mass is 16.6. The molecule has 0 radical (unpaired) electrons. The number of para-hydroxylation sites is 1. The summed E-state index contributed by atoms with van der Waals surface area (Å²) in [6.07, 6.45) is 0. The number of methoxy groups -OCH3 is 1. The van der Waals surface area contributed by atoms with E-state index in [4.69, 9.17) is 20.9 Å². The highest BCUT2D eigenvalue weighted by Crippen LogP contribution is 2.33. The van der Waals surface area contributed by atoms with E-state index in [2.05, 4.69) is 0 Å². The minimum absolute atomic E-state index is 0.265. The highest BCUT2D eigenvalue weighted by molar-refractivity contribution is 5.71. The molecule has 0 aliphatic heterocycles. The monoisotopic (exact) mass is 224 g/mol. The van der Waals surface area contributed by atoms with Gasteiger partial charge in [-0.25, -0.2) is 0 Å². The summed E-state index contributed by atoms with van der Waals surface area (Å²) in [5.41, 5.74) is 12.0. The molecule has 0 saturated carbocycles. The van der Waals surface area contributed by atoms with Crippen LogP contribution in [0.1, 0.15) is 18.5 Å². The number of hydrogen-bond acceptors (Lipinski definition) is 5. The Bertz CT molecular complexity index is 379. The normalized spacial score (nSPS) is 12.0. The minimum Gasteiger partial charge on any atom is -0.493 e. The molecule has 5 nitrogen and oxygen atoms in total. The van der Waals surface area contributed by atoms with Gasteiger partial charge in [0.2, 0.25) is 0 Å². The first-order valence-corrected chi connectivity index (χ1v) is 4.91. The summed E-state index contributed by atoms with van der Waals surface area (Å²) in [5, 5.41) is 0. The van der Waals surface area contributed by atoms with Crippen molar-refractivity contribution >= 4 is 5.97 Å². The average molecular weight is 224 g/mol. The van der Waals surface area contributed by atoms with E-state index in [1.165, 1.54) is 14.0 Å². The van der Waals surface area contributed by atoms with Gasteiger partial charge >= 0.3 is 5.97 Å². The number of esters is 1. The Balaban J connectivity index is 3.19. The third-order valence-electron chi connectivity index (χ3n) is 2.13. The number of benzene rings is 1. The van der Waals surface area contributed by atoms with Crippen molar-refractivity contribution in [1.29, 1.82) is 0 Å². The molecule has 0 aliphatic carbocycles. The molecule has 88 valence electrons. The predicted octanol–water partition coefficient (Wildman–Crippen LogP) is 0.579. The lowest BCUT2D eigenvalue weighted by Gasteiger charge is -2.16. The Morgan fingerprint density at radius 3 is 2.69 bits per heavy atom. The minimum atomic E-state index is -0.421. The Morgan fingerprint density at radius 2 is 2.19 bits per heavy atom. The van der Waals surface area contributed by atoms with Crippen molar-refractivity contribution in [3.8, 4) is 11.5 Å². The fraction of sp³-hybridized carbons (Fsp3) is 0.364. The number of hydrogen-bond donors (Lipinski definition) is 2. The van der Waals surface area contributed by atoms with Crippen LogP contribution >= 0.6 is 0 Å². The summed E-state index contributed by atoms with van der Waals surface area (Å²) < 4.78 is 10.2. The van der Waals surface area contributed by atoms with E-state index in [0.29, 0.717) is 17.1 Å². The number of ether oxygens (including phenoxy) is 2. The maximum Gasteiger partial charge on any atom is 0.308 e. The van der Waals surface area contributed by atoms with Crippen molar-refractivity contribution in [2.75, 3.05) is 13.7 Å². The molecule has 0 spiro atoms. The van der Waals surface area contributed by atoms with E-state index in [9.17, 15) is 4.79 Å². The van der Waals surface area contributed by atoms with Gasteiger partial charge < -0.3 is 20.9 Å². The topological polar surface area (TPSA) is 87.6 Å². The van der Waals surface area contributed by atoms with E-state index >= 15 is 0 Å². The maximum atomic E-state index is 11.0. The molecule has 0 aliphatic rings. The molecule has 1 atom stereocenters. The van der Waals surface area contributed by atoms with Gasteiger partial charge in [0.15, 0.2) is 11.5 Å². The van der Waals surface area contributed by atoms with Crippen LogP contribution in [0.5, 0.6) is 11.5 Å². The zero-order valence-electron chi connectivity index (χ0n) is 9.40. The lowest BCUT2D eigenvalue weighted by atomic mass is 10.1. The fourth-order valence-electron chi connectivity index (χ4n) is 1.37. The molecule has 1 rings (SSSR count). The highest BCUT2D eigenvalue weighted by Gasteiger charge is 2.16. The average Bonchev–Trinajstić information content (AvgIpc) is 2.27. The summed E-state index contributed by atoms with van der Waals surface area (Å²) in [7, 11) is 1.50. The van der Waals surface area contributed by atoms with Gasteiger partial charge in [-0.2, -0.15) is 0 Å². The van der Waals surface area contributed by atoms with Crippen LogP contribution in [0, 0.1) is 0 Å². The van der Waals surface area contributed by atoms with Crippen LogP contribution in [0.15, 0.2) is 18.2 Å². The van der Waals surface area contributed by atoms with Crippen molar-refractivity contribution in [3.05, 3.63) is 23.8 Å². The number of rotatable bonds is 4. The summed E-state index contributed by atoms with van der Waals surface area (Å²) in [5.74, 6) is 0.391. The molecule has 0 bridgehead atoms. The van der Waals surface area contributed by atoms with E-state index in [-0.39, 0.29) is 12.6 Å². The Kier molecular flexibility index (Phi) is 4.28. The summed E-state index contributed by atoms with van der Waals surface area (Å²) in [6, 6.07) is 4.85. The largest absolute Gasteiger partial charge is 0.493 e. The van der Waals surface area contributed by atoms with Crippen LogP contribution in [-0.2, 0) is 4.79 Å². The number of carbonyl (C=O) groups is 1. The molecule has 0 unspecified atom stereocenters. The first-order chi connectivity index (χ1) is 7.60. The van der Waals surface area contributed by atoms with Gasteiger partial charge in [0, 0.05) is 25.1 Å². The van der Waals surface area contributed by atoms with E-state index in [1.807, 2.05) is 0 Å². The second-order valence-electron chi connectivity index (χ2n) is 3.31. The van der Waals surface area contributed by atoms with Crippen LogP contribution < -0.4 is 20.9 Å². The van der Waals surface area contributed by atoms with Gasteiger partial charge in [0.1, 0.15) is 0 Å². The van der Waals surface area contributed by atoms with Gasteiger partial charge in [-0.3, -0.25) is 4.79 Å². The van der Waals surface area contributed by atoms with Crippen LogP contribution in [0.25, 0.3) is 0 Å². The van der Waals surface area contributed by atoms with Crippen molar-refractivity contribution in [2.24, 2.45) is 11.5 Å². The van der Waals surface area contributed by atoms with Gasteiger partial charge in [0.25, 0.3) is 0 Å². The summed E-state index contributed by atoms with van der Waals surface area (Å²) in [6.45, 7) is 1.59. The van der Waals surface area contributed by atoms with Crippen LogP contribution in [0.3, 0.4) is 0 Å². The molecule has 5 heteroatoms. The van der Waals surface area contributed by atoms with E-state index in [0.717, 1.165) is 0 Å². The van der Waals surface area contributed by atoms with Gasteiger partial charge in [-0.05, 0) is 6.07 Å². The standard InChI is InChI=1S/C11H16N2O3/c1-7(14)16-11-8(9(13)6-12)4-3-5-10(11)15-2/h3-5,9H,6,12-13H2,1-2H3/t9-/m1/s1. The van der Waals surface area contributed by atoms with Gasteiger partial charge in [0.05, 0.1) is 7.11 Å². The molecule has 4 N–H and O–H groups in total. The second kappa shape index (κ2) is 5.48. The van der Waals surface area contributed by atoms with Crippen LogP contribution in [-0.4, -0.2) is 19.6 Å². The molecule has 0 amide bonds. The van der Waals surface area contributed by atoms with Gasteiger partial charge in [-0.1, -0.05) is 12.1 Å². The Labute approximate surface area is 94.3 Å².